The van der Waals surface area contributed by atoms with Crippen LogP contribution in [0, 0.1) is 0 Å². The van der Waals surface area contributed by atoms with Crippen molar-refractivity contribution < 1.29 is 8.42 Å². The van der Waals surface area contributed by atoms with Gasteiger partial charge in [0.1, 0.15) is 4.90 Å². The van der Waals surface area contributed by atoms with Crippen LogP contribution in [0.2, 0.25) is 5.02 Å². The molecule has 0 unspecified atom stereocenters. The van der Waals surface area contributed by atoms with E-state index >= 15 is 0 Å². The molecule has 4 nitrogen and oxygen atoms in total. The van der Waals surface area contributed by atoms with Gasteiger partial charge in [-0.3, -0.25) is 0 Å². The van der Waals surface area contributed by atoms with E-state index < -0.39 is 10.0 Å². The lowest BCUT2D eigenvalue weighted by molar-refractivity contribution is 0.431. The van der Waals surface area contributed by atoms with Crippen LogP contribution in [-0.2, 0) is 16.6 Å². The fraction of sp³-hybridized carbons (Fsp3) is 0.467. The van der Waals surface area contributed by atoms with Crippen molar-refractivity contribution in [1.29, 1.82) is 0 Å². The lowest BCUT2D eigenvalue weighted by Gasteiger charge is -2.25. The highest BCUT2D eigenvalue weighted by Crippen LogP contribution is 2.27. The molecule has 1 aliphatic heterocycles. The molecule has 0 saturated heterocycles. The standard InChI is InChI=1S/C15H21ClN2O2S/c1-3-17-11-13-4-5-14(16)15(10-13)21(19,20)18-8-6-12(2)7-9-18/h4-6,10,17H,3,7-9,11H2,1-2H3. The number of hydrogen-bond acceptors (Lipinski definition) is 3. The summed E-state index contributed by atoms with van der Waals surface area (Å²) in [6.45, 7) is 6.43. The number of halogens is 1. The Hall–Kier alpha value is -0.880. The van der Waals surface area contributed by atoms with Crippen LogP contribution in [0.4, 0.5) is 0 Å². The van der Waals surface area contributed by atoms with Gasteiger partial charge in [0, 0.05) is 19.6 Å². The maximum atomic E-state index is 12.7. The second kappa shape index (κ2) is 6.92. The molecule has 1 aromatic carbocycles. The highest BCUT2D eigenvalue weighted by atomic mass is 35.5. The Morgan fingerprint density at radius 3 is 2.76 bits per heavy atom. The second-order valence-corrected chi connectivity index (χ2v) is 7.52. The van der Waals surface area contributed by atoms with Gasteiger partial charge in [-0.05, 0) is 37.6 Å². The molecule has 0 aromatic heterocycles. The van der Waals surface area contributed by atoms with Gasteiger partial charge in [-0.2, -0.15) is 4.31 Å². The Balaban J connectivity index is 2.31. The summed E-state index contributed by atoms with van der Waals surface area (Å²) >= 11 is 6.12. The molecule has 2 rings (SSSR count). The molecule has 0 amide bonds. The molecule has 0 saturated carbocycles. The fourth-order valence-corrected chi connectivity index (χ4v) is 4.14. The van der Waals surface area contributed by atoms with Crippen molar-refractivity contribution in [1.82, 2.24) is 9.62 Å². The minimum atomic E-state index is -3.53. The number of hydrogen-bond donors (Lipinski definition) is 1. The molecule has 0 atom stereocenters. The minimum Gasteiger partial charge on any atom is -0.313 e. The van der Waals surface area contributed by atoms with Gasteiger partial charge in [-0.15, -0.1) is 0 Å². The lowest BCUT2D eigenvalue weighted by Crippen LogP contribution is -2.34. The third-order valence-electron chi connectivity index (χ3n) is 3.59. The predicted octanol–water partition coefficient (Wildman–Crippen LogP) is 2.79. The Bertz CT molecular complexity index is 641. The summed E-state index contributed by atoms with van der Waals surface area (Å²) in [7, 11) is -3.53. The number of nitrogens with one attached hydrogen (secondary N) is 1. The first-order valence-electron chi connectivity index (χ1n) is 7.10. The van der Waals surface area contributed by atoms with Crippen molar-refractivity contribution in [2.45, 2.75) is 31.7 Å². The zero-order valence-electron chi connectivity index (χ0n) is 12.4. The third-order valence-corrected chi connectivity index (χ3v) is 5.94. The van der Waals surface area contributed by atoms with E-state index in [2.05, 4.69) is 5.32 Å². The molecule has 0 spiro atoms. The van der Waals surface area contributed by atoms with E-state index in [4.69, 9.17) is 11.6 Å². The Morgan fingerprint density at radius 2 is 2.14 bits per heavy atom. The molecule has 21 heavy (non-hydrogen) atoms. The zero-order chi connectivity index (χ0) is 15.5. The lowest BCUT2D eigenvalue weighted by atomic mass is 10.1. The van der Waals surface area contributed by atoms with Crippen molar-refractivity contribution in [3.63, 3.8) is 0 Å². The first-order valence-corrected chi connectivity index (χ1v) is 8.92. The zero-order valence-corrected chi connectivity index (χ0v) is 14.0. The van der Waals surface area contributed by atoms with Crippen molar-refractivity contribution in [3.05, 3.63) is 40.4 Å². The summed E-state index contributed by atoms with van der Waals surface area (Å²) in [4.78, 5) is 0.201. The number of nitrogens with zero attached hydrogens (tertiary/aromatic N) is 1. The molecule has 1 N–H and O–H groups in total. The summed E-state index contributed by atoms with van der Waals surface area (Å²) in [5.41, 5.74) is 2.15. The van der Waals surface area contributed by atoms with Crippen molar-refractivity contribution in [2.75, 3.05) is 19.6 Å². The van der Waals surface area contributed by atoms with E-state index in [1.807, 2.05) is 26.0 Å². The Labute approximate surface area is 131 Å². The smallest absolute Gasteiger partial charge is 0.244 e. The SMILES string of the molecule is CCNCc1ccc(Cl)c(S(=O)(=O)N2CC=C(C)CC2)c1. The van der Waals surface area contributed by atoms with E-state index in [1.54, 1.807) is 12.1 Å². The molecule has 0 fully saturated rings. The third kappa shape index (κ3) is 3.86. The fourth-order valence-electron chi connectivity index (χ4n) is 2.23. The first kappa shape index (κ1) is 16.5. The van der Waals surface area contributed by atoms with Gasteiger partial charge in [0.2, 0.25) is 10.0 Å². The molecule has 1 aliphatic rings. The molecule has 1 heterocycles. The molecular formula is C15H21ClN2O2S. The minimum absolute atomic E-state index is 0.201. The van der Waals surface area contributed by atoms with Crippen molar-refractivity contribution >= 4 is 21.6 Å². The number of benzene rings is 1. The van der Waals surface area contributed by atoms with E-state index in [9.17, 15) is 8.42 Å². The van der Waals surface area contributed by atoms with Crippen LogP contribution in [0.5, 0.6) is 0 Å². The first-order chi connectivity index (χ1) is 9.95. The van der Waals surface area contributed by atoms with Gasteiger partial charge in [0.05, 0.1) is 5.02 Å². The molecule has 6 heteroatoms. The molecule has 0 aliphatic carbocycles. The number of sulfonamides is 1. The Kier molecular flexibility index (Phi) is 5.43. The topological polar surface area (TPSA) is 49.4 Å². The maximum absolute atomic E-state index is 12.7. The van der Waals surface area contributed by atoms with E-state index in [0.717, 1.165) is 18.5 Å². The summed E-state index contributed by atoms with van der Waals surface area (Å²) in [6, 6.07) is 5.18. The summed E-state index contributed by atoms with van der Waals surface area (Å²) in [5.74, 6) is 0. The van der Waals surface area contributed by atoms with Crippen LogP contribution in [0.15, 0.2) is 34.7 Å². The summed E-state index contributed by atoms with van der Waals surface area (Å²) in [5, 5.41) is 3.47. The largest absolute Gasteiger partial charge is 0.313 e. The van der Waals surface area contributed by atoms with Crippen LogP contribution in [-0.4, -0.2) is 32.4 Å². The monoisotopic (exact) mass is 328 g/mol. The van der Waals surface area contributed by atoms with Crippen molar-refractivity contribution in [3.8, 4) is 0 Å². The van der Waals surface area contributed by atoms with Crippen molar-refractivity contribution in [2.24, 2.45) is 0 Å². The summed E-state index contributed by atoms with van der Waals surface area (Å²) in [6.07, 6.45) is 2.73. The van der Waals surface area contributed by atoms with Gasteiger partial charge in [-0.1, -0.05) is 36.2 Å². The number of rotatable bonds is 5. The van der Waals surface area contributed by atoms with Crippen LogP contribution < -0.4 is 5.32 Å². The van der Waals surface area contributed by atoms with E-state index in [-0.39, 0.29) is 9.92 Å². The second-order valence-electron chi connectivity index (χ2n) is 5.21. The van der Waals surface area contributed by atoms with Gasteiger partial charge >= 0.3 is 0 Å². The van der Waals surface area contributed by atoms with Gasteiger partial charge in [-0.25, -0.2) is 8.42 Å². The summed E-state index contributed by atoms with van der Waals surface area (Å²) < 4.78 is 26.9. The van der Waals surface area contributed by atoms with Gasteiger partial charge in [0.25, 0.3) is 0 Å². The molecule has 116 valence electrons. The molecule has 1 aromatic rings. The van der Waals surface area contributed by atoms with E-state index in [1.165, 1.54) is 9.88 Å². The average Bonchev–Trinajstić information content (AvgIpc) is 2.46. The maximum Gasteiger partial charge on any atom is 0.244 e. The highest BCUT2D eigenvalue weighted by molar-refractivity contribution is 7.89. The average molecular weight is 329 g/mol. The molecule has 0 bridgehead atoms. The Morgan fingerprint density at radius 1 is 1.38 bits per heavy atom. The van der Waals surface area contributed by atoms with Crippen LogP contribution in [0.25, 0.3) is 0 Å². The normalized spacial score (nSPS) is 16.8. The molecular weight excluding hydrogens is 308 g/mol. The van der Waals surface area contributed by atoms with Gasteiger partial charge in [0.15, 0.2) is 0 Å². The van der Waals surface area contributed by atoms with Crippen LogP contribution >= 0.6 is 11.6 Å². The van der Waals surface area contributed by atoms with Crippen LogP contribution in [0.1, 0.15) is 25.8 Å². The highest BCUT2D eigenvalue weighted by Gasteiger charge is 2.27. The van der Waals surface area contributed by atoms with Crippen LogP contribution in [0.3, 0.4) is 0 Å². The van der Waals surface area contributed by atoms with Gasteiger partial charge < -0.3 is 5.32 Å². The quantitative estimate of drug-likeness (QED) is 0.846. The molecule has 0 radical (unpaired) electrons. The van der Waals surface area contributed by atoms with E-state index in [0.29, 0.717) is 19.6 Å². The predicted molar refractivity (Wildman–Crippen MR) is 86.0 cm³/mol.